The van der Waals surface area contributed by atoms with E-state index in [1.807, 2.05) is 6.07 Å². The molecule has 4 nitrogen and oxygen atoms in total. The quantitative estimate of drug-likeness (QED) is 0.460. The summed E-state index contributed by atoms with van der Waals surface area (Å²) < 4.78 is 5.63. The summed E-state index contributed by atoms with van der Waals surface area (Å²) in [5.74, 6) is 1.25. The second-order valence-corrected chi connectivity index (χ2v) is 5.31. The lowest BCUT2D eigenvalue weighted by atomic mass is 10.2. The summed E-state index contributed by atoms with van der Waals surface area (Å²) in [5.41, 5.74) is 3.24. The van der Waals surface area contributed by atoms with Gasteiger partial charge in [0.1, 0.15) is 0 Å². The number of allylic oxidation sites excluding steroid dienone is 3. The van der Waals surface area contributed by atoms with Crippen molar-refractivity contribution in [2.75, 3.05) is 7.05 Å². The number of rotatable bonds is 6. The molecule has 2 rings (SSSR count). The fraction of sp³-hybridized carbons (Fsp3) is 0.188. The van der Waals surface area contributed by atoms with Gasteiger partial charge in [0.15, 0.2) is 0 Å². The summed E-state index contributed by atoms with van der Waals surface area (Å²) in [6.45, 7) is 5.82. The highest BCUT2D eigenvalue weighted by atomic mass is 32.2. The molecule has 0 fully saturated rings. The van der Waals surface area contributed by atoms with Crippen molar-refractivity contribution in [3.05, 3.63) is 60.0 Å². The van der Waals surface area contributed by atoms with E-state index in [0.29, 0.717) is 11.1 Å². The molecule has 0 atom stereocenters. The largest absolute Gasteiger partial charge is 0.411 e. The van der Waals surface area contributed by atoms with Crippen LogP contribution in [0.15, 0.2) is 57.6 Å². The lowest BCUT2D eigenvalue weighted by Crippen LogP contribution is -1.81. The Labute approximate surface area is 128 Å². The Morgan fingerprint density at radius 2 is 2.29 bits per heavy atom. The first kappa shape index (κ1) is 15.3. The van der Waals surface area contributed by atoms with Crippen molar-refractivity contribution in [3.8, 4) is 0 Å². The molecule has 0 N–H and O–H groups in total. The first-order chi connectivity index (χ1) is 10.2. The summed E-state index contributed by atoms with van der Waals surface area (Å²) in [6.07, 6.45) is 5.13. The van der Waals surface area contributed by atoms with Crippen molar-refractivity contribution >= 4 is 23.5 Å². The number of hydrogen-bond acceptors (Lipinski definition) is 5. The van der Waals surface area contributed by atoms with Crippen LogP contribution < -0.4 is 0 Å². The zero-order valence-corrected chi connectivity index (χ0v) is 12.9. The first-order valence-corrected chi connectivity index (χ1v) is 7.48. The van der Waals surface area contributed by atoms with Crippen molar-refractivity contribution in [2.45, 2.75) is 17.9 Å². The van der Waals surface area contributed by atoms with E-state index in [0.717, 1.165) is 11.3 Å². The second-order valence-electron chi connectivity index (χ2n) is 4.38. The molecule has 1 heterocycles. The fourth-order valence-corrected chi connectivity index (χ4v) is 2.42. The Morgan fingerprint density at radius 3 is 3.00 bits per heavy atom. The standard InChI is InChI=1S/C16H17N3OS/c1-4-14(8-9-17-3)15-18-19-16(20-15)21-11-13-7-5-6-12(2)10-13/h4-10H,1,11H2,2-3H3/b14-8+,17-9?. The molecule has 5 heteroatoms. The van der Waals surface area contributed by atoms with E-state index in [4.69, 9.17) is 4.42 Å². The van der Waals surface area contributed by atoms with E-state index in [1.165, 1.54) is 22.9 Å². The summed E-state index contributed by atoms with van der Waals surface area (Å²) in [7, 11) is 1.70. The molecule has 0 amide bonds. The highest BCUT2D eigenvalue weighted by Gasteiger charge is 2.09. The van der Waals surface area contributed by atoms with Crippen molar-refractivity contribution in [1.29, 1.82) is 0 Å². The Kier molecular flexibility index (Phi) is 5.51. The maximum Gasteiger partial charge on any atom is 0.277 e. The van der Waals surface area contributed by atoms with Gasteiger partial charge in [0.05, 0.1) is 0 Å². The lowest BCUT2D eigenvalue weighted by Gasteiger charge is -1.99. The molecule has 0 aliphatic heterocycles. The lowest BCUT2D eigenvalue weighted by molar-refractivity contribution is 0.444. The van der Waals surface area contributed by atoms with Gasteiger partial charge in [-0.3, -0.25) is 4.99 Å². The molecule has 1 aromatic heterocycles. The molecule has 0 saturated heterocycles. The van der Waals surface area contributed by atoms with E-state index < -0.39 is 0 Å². The van der Waals surface area contributed by atoms with Crippen molar-refractivity contribution in [3.63, 3.8) is 0 Å². The second kappa shape index (κ2) is 7.59. The Balaban J connectivity index is 2.04. The van der Waals surface area contributed by atoms with E-state index in [-0.39, 0.29) is 0 Å². The average molecular weight is 299 g/mol. The van der Waals surface area contributed by atoms with Crippen LogP contribution >= 0.6 is 11.8 Å². The minimum Gasteiger partial charge on any atom is -0.411 e. The number of aromatic nitrogens is 2. The van der Waals surface area contributed by atoms with Crippen LogP contribution in [-0.2, 0) is 5.75 Å². The molecule has 0 radical (unpaired) electrons. The highest BCUT2D eigenvalue weighted by molar-refractivity contribution is 7.98. The summed E-state index contributed by atoms with van der Waals surface area (Å²) in [4.78, 5) is 3.90. The van der Waals surface area contributed by atoms with Crippen molar-refractivity contribution < 1.29 is 4.42 Å². The average Bonchev–Trinajstić information content (AvgIpc) is 2.95. The minimum atomic E-state index is 0.455. The van der Waals surface area contributed by atoms with Crippen LogP contribution in [0.3, 0.4) is 0 Å². The molecule has 0 saturated carbocycles. The van der Waals surface area contributed by atoms with Gasteiger partial charge in [0, 0.05) is 24.6 Å². The van der Waals surface area contributed by atoms with Gasteiger partial charge in [-0.25, -0.2) is 0 Å². The summed E-state index contributed by atoms with van der Waals surface area (Å²) in [5, 5.41) is 8.62. The third-order valence-corrected chi connectivity index (χ3v) is 3.61. The Bertz CT molecular complexity index is 674. The van der Waals surface area contributed by atoms with E-state index in [1.54, 1.807) is 25.4 Å². The van der Waals surface area contributed by atoms with Crippen LogP contribution in [0.5, 0.6) is 0 Å². The van der Waals surface area contributed by atoms with E-state index in [2.05, 4.69) is 46.9 Å². The normalized spacial score (nSPS) is 12.0. The smallest absolute Gasteiger partial charge is 0.277 e. The summed E-state index contributed by atoms with van der Waals surface area (Å²) >= 11 is 1.52. The molecule has 0 unspecified atom stereocenters. The molecule has 0 aliphatic carbocycles. The molecule has 0 spiro atoms. The topological polar surface area (TPSA) is 51.3 Å². The van der Waals surface area contributed by atoms with Crippen LogP contribution in [0.4, 0.5) is 0 Å². The molecular weight excluding hydrogens is 282 g/mol. The van der Waals surface area contributed by atoms with Crippen molar-refractivity contribution in [2.24, 2.45) is 4.99 Å². The van der Waals surface area contributed by atoms with Gasteiger partial charge in [0.25, 0.3) is 5.22 Å². The Hall–Kier alpha value is -2.14. The van der Waals surface area contributed by atoms with Gasteiger partial charge < -0.3 is 4.42 Å². The van der Waals surface area contributed by atoms with Gasteiger partial charge in [-0.1, -0.05) is 54.2 Å². The van der Waals surface area contributed by atoms with Crippen LogP contribution in [-0.4, -0.2) is 23.5 Å². The van der Waals surface area contributed by atoms with Gasteiger partial charge in [0.2, 0.25) is 5.89 Å². The van der Waals surface area contributed by atoms with Gasteiger partial charge in [-0.2, -0.15) is 0 Å². The fourth-order valence-electron chi connectivity index (χ4n) is 1.71. The number of thioether (sulfide) groups is 1. The monoisotopic (exact) mass is 299 g/mol. The van der Waals surface area contributed by atoms with E-state index in [9.17, 15) is 0 Å². The minimum absolute atomic E-state index is 0.455. The number of hydrogen-bond donors (Lipinski definition) is 0. The highest BCUT2D eigenvalue weighted by Crippen LogP contribution is 2.24. The summed E-state index contributed by atoms with van der Waals surface area (Å²) in [6, 6.07) is 8.36. The van der Waals surface area contributed by atoms with Crippen LogP contribution in [0.1, 0.15) is 17.0 Å². The number of benzene rings is 1. The SMILES string of the molecule is C=C/C(=C\C=NC)c1nnc(SCc2cccc(C)c2)o1. The maximum atomic E-state index is 5.63. The van der Waals surface area contributed by atoms with Crippen LogP contribution in [0, 0.1) is 6.92 Å². The maximum absolute atomic E-state index is 5.63. The molecule has 0 bridgehead atoms. The number of nitrogens with zero attached hydrogens (tertiary/aromatic N) is 3. The molecule has 1 aromatic carbocycles. The van der Waals surface area contributed by atoms with Crippen LogP contribution in [0.2, 0.25) is 0 Å². The molecule has 108 valence electrons. The molecule has 0 aliphatic rings. The molecule has 21 heavy (non-hydrogen) atoms. The van der Waals surface area contributed by atoms with Gasteiger partial charge in [-0.15, -0.1) is 10.2 Å². The first-order valence-electron chi connectivity index (χ1n) is 6.50. The van der Waals surface area contributed by atoms with E-state index >= 15 is 0 Å². The third-order valence-electron chi connectivity index (χ3n) is 2.72. The zero-order chi connectivity index (χ0) is 15.1. The zero-order valence-electron chi connectivity index (χ0n) is 12.1. The Morgan fingerprint density at radius 1 is 1.43 bits per heavy atom. The predicted octanol–water partition coefficient (Wildman–Crippen LogP) is 3.94. The number of aliphatic imine (C=N–C) groups is 1. The third kappa shape index (κ3) is 4.43. The predicted molar refractivity (Wildman–Crippen MR) is 87.6 cm³/mol. The number of aryl methyl sites for hydroxylation is 1. The molecule has 2 aromatic rings. The van der Waals surface area contributed by atoms with Crippen LogP contribution in [0.25, 0.3) is 5.57 Å². The van der Waals surface area contributed by atoms with Crippen molar-refractivity contribution in [1.82, 2.24) is 10.2 Å². The molecular formula is C16H17N3OS. The van der Waals surface area contributed by atoms with Gasteiger partial charge >= 0.3 is 0 Å². The van der Waals surface area contributed by atoms with Gasteiger partial charge in [-0.05, 0) is 18.6 Å².